The Hall–Kier alpha value is -1.68. The highest BCUT2D eigenvalue weighted by Gasteiger charge is 2.18. The van der Waals surface area contributed by atoms with Gasteiger partial charge < -0.3 is 5.32 Å². The average molecular weight is 286 g/mol. The summed E-state index contributed by atoms with van der Waals surface area (Å²) in [5, 5.41) is 7.83. The van der Waals surface area contributed by atoms with Crippen molar-refractivity contribution < 1.29 is 0 Å². The minimum absolute atomic E-state index is 0.346. The molecule has 0 saturated heterocycles. The fourth-order valence-electron chi connectivity index (χ4n) is 2.73. The molecular formula is C17H26N4. The maximum atomic E-state index is 4.46. The third-order valence-electron chi connectivity index (χ3n) is 3.83. The zero-order valence-corrected chi connectivity index (χ0v) is 13.5. The van der Waals surface area contributed by atoms with Crippen LogP contribution >= 0.6 is 0 Å². The summed E-state index contributed by atoms with van der Waals surface area (Å²) >= 11 is 0. The van der Waals surface area contributed by atoms with E-state index >= 15 is 0 Å². The lowest BCUT2D eigenvalue weighted by Gasteiger charge is -2.20. The van der Waals surface area contributed by atoms with Crippen molar-refractivity contribution in [1.29, 1.82) is 0 Å². The lowest BCUT2D eigenvalue weighted by molar-refractivity contribution is 0.484. The zero-order valence-electron chi connectivity index (χ0n) is 13.5. The molecule has 2 rings (SSSR count). The van der Waals surface area contributed by atoms with Crippen LogP contribution in [0, 0.1) is 6.92 Å². The lowest BCUT2D eigenvalue weighted by Crippen LogP contribution is -2.24. The van der Waals surface area contributed by atoms with E-state index in [9.17, 15) is 0 Å². The number of hydrogen-bond acceptors (Lipinski definition) is 3. The second-order valence-corrected chi connectivity index (χ2v) is 5.78. The fraction of sp³-hybridized carbons (Fsp3) is 0.529. The molecule has 2 aromatic rings. The highest BCUT2D eigenvalue weighted by molar-refractivity contribution is 5.30. The molecule has 0 saturated carbocycles. The molecule has 1 heterocycles. The Kier molecular flexibility index (Phi) is 5.51. The SMILES string of the molecule is CCNCC(Cc1ncnn1C(C)C)c1ccccc1C. The van der Waals surface area contributed by atoms with Crippen LogP contribution in [0.3, 0.4) is 0 Å². The number of hydrogen-bond donors (Lipinski definition) is 1. The van der Waals surface area contributed by atoms with Crippen molar-refractivity contribution in [3.63, 3.8) is 0 Å². The van der Waals surface area contributed by atoms with Gasteiger partial charge in [-0.3, -0.25) is 0 Å². The van der Waals surface area contributed by atoms with Crippen molar-refractivity contribution >= 4 is 0 Å². The van der Waals surface area contributed by atoms with Gasteiger partial charge in [-0.25, -0.2) is 9.67 Å². The van der Waals surface area contributed by atoms with Gasteiger partial charge in [0.2, 0.25) is 0 Å². The van der Waals surface area contributed by atoms with Crippen molar-refractivity contribution in [2.24, 2.45) is 0 Å². The van der Waals surface area contributed by atoms with E-state index in [0.717, 1.165) is 25.3 Å². The first-order chi connectivity index (χ1) is 10.1. The molecule has 0 amide bonds. The summed E-state index contributed by atoms with van der Waals surface area (Å²) in [6.45, 7) is 10.6. The van der Waals surface area contributed by atoms with Crippen LogP contribution in [0.25, 0.3) is 0 Å². The average Bonchev–Trinajstić information content (AvgIpc) is 2.92. The van der Waals surface area contributed by atoms with E-state index < -0.39 is 0 Å². The standard InChI is InChI=1S/C17H26N4/c1-5-18-11-15(16-9-7-6-8-14(16)4)10-17-19-12-20-21(17)13(2)3/h6-9,12-13,15,18H,5,10-11H2,1-4H3. The predicted octanol–water partition coefficient (Wildman–Crippen LogP) is 3.10. The number of aryl methyl sites for hydroxylation is 1. The summed E-state index contributed by atoms with van der Waals surface area (Å²) in [7, 11) is 0. The Morgan fingerprint density at radius 3 is 2.67 bits per heavy atom. The van der Waals surface area contributed by atoms with Gasteiger partial charge in [-0.15, -0.1) is 0 Å². The number of nitrogens with one attached hydrogen (secondary N) is 1. The molecule has 4 heteroatoms. The van der Waals surface area contributed by atoms with Crippen molar-refractivity contribution in [2.75, 3.05) is 13.1 Å². The number of nitrogens with zero attached hydrogens (tertiary/aromatic N) is 3. The molecule has 1 unspecified atom stereocenters. The second-order valence-electron chi connectivity index (χ2n) is 5.78. The normalized spacial score (nSPS) is 12.8. The van der Waals surface area contributed by atoms with Crippen LogP contribution in [0.15, 0.2) is 30.6 Å². The largest absolute Gasteiger partial charge is 0.316 e. The first kappa shape index (κ1) is 15.7. The maximum absolute atomic E-state index is 4.46. The quantitative estimate of drug-likeness (QED) is 0.850. The van der Waals surface area contributed by atoms with Gasteiger partial charge in [0.25, 0.3) is 0 Å². The summed E-state index contributed by atoms with van der Waals surface area (Å²) in [6, 6.07) is 8.97. The summed E-state index contributed by atoms with van der Waals surface area (Å²) in [5.74, 6) is 1.49. The Balaban J connectivity index is 2.24. The van der Waals surface area contributed by atoms with E-state index in [1.165, 1.54) is 11.1 Å². The third-order valence-corrected chi connectivity index (χ3v) is 3.83. The topological polar surface area (TPSA) is 42.7 Å². The van der Waals surface area contributed by atoms with Crippen LogP contribution in [0.1, 0.15) is 49.7 Å². The van der Waals surface area contributed by atoms with E-state index in [0.29, 0.717) is 12.0 Å². The highest BCUT2D eigenvalue weighted by Crippen LogP contribution is 2.23. The van der Waals surface area contributed by atoms with Crippen molar-refractivity contribution in [3.8, 4) is 0 Å². The number of aromatic nitrogens is 3. The molecule has 1 aromatic carbocycles. The number of rotatable bonds is 7. The molecule has 0 spiro atoms. The van der Waals surface area contributed by atoms with Crippen LogP contribution in [-0.4, -0.2) is 27.9 Å². The molecule has 0 radical (unpaired) electrons. The maximum Gasteiger partial charge on any atom is 0.138 e. The van der Waals surface area contributed by atoms with Gasteiger partial charge in [0.15, 0.2) is 0 Å². The van der Waals surface area contributed by atoms with E-state index in [4.69, 9.17) is 0 Å². The summed E-state index contributed by atoms with van der Waals surface area (Å²) in [4.78, 5) is 4.46. The van der Waals surface area contributed by atoms with E-state index in [1.54, 1.807) is 6.33 Å². The summed E-state index contributed by atoms with van der Waals surface area (Å²) in [5.41, 5.74) is 2.74. The Morgan fingerprint density at radius 1 is 1.24 bits per heavy atom. The van der Waals surface area contributed by atoms with E-state index in [-0.39, 0.29) is 0 Å². The summed E-state index contributed by atoms with van der Waals surface area (Å²) < 4.78 is 2.03. The van der Waals surface area contributed by atoms with Crippen LogP contribution in [-0.2, 0) is 6.42 Å². The van der Waals surface area contributed by atoms with Gasteiger partial charge >= 0.3 is 0 Å². The Morgan fingerprint density at radius 2 is 2.00 bits per heavy atom. The molecule has 0 aliphatic rings. The molecule has 0 aliphatic carbocycles. The van der Waals surface area contributed by atoms with Crippen LogP contribution in [0.4, 0.5) is 0 Å². The van der Waals surface area contributed by atoms with Gasteiger partial charge in [-0.1, -0.05) is 31.2 Å². The van der Waals surface area contributed by atoms with E-state index in [2.05, 4.69) is 67.4 Å². The zero-order chi connectivity index (χ0) is 15.2. The van der Waals surface area contributed by atoms with Gasteiger partial charge in [0, 0.05) is 24.9 Å². The summed E-state index contributed by atoms with van der Waals surface area (Å²) in [6.07, 6.45) is 2.58. The molecule has 0 fully saturated rings. The van der Waals surface area contributed by atoms with Crippen molar-refractivity contribution in [3.05, 3.63) is 47.5 Å². The molecule has 114 valence electrons. The molecule has 1 atom stereocenters. The number of likely N-dealkylation sites (N-methyl/N-ethyl adjacent to an activating group) is 1. The highest BCUT2D eigenvalue weighted by atomic mass is 15.3. The minimum atomic E-state index is 0.346. The van der Waals surface area contributed by atoms with E-state index in [1.807, 2.05) is 4.68 Å². The fourth-order valence-corrected chi connectivity index (χ4v) is 2.73. The molecule has 21 heavy (non-hydrogen) atoms. The minimum Gasteiger partial charge on any atom is -0.316 e. The third kappa shape index (κ3) is 3.91. The monoisotopic (exact) mass is 286 g/mol. The predicted molar refractivity (Wildman–Crippen MR) is 86.6 cm³/mol. The van der Waals surface area contributed by atoms with Gasteiger partial charge in [0.1, 0.15) is 12.2 Å². The van der Waals surface area contributed by atoms with Crippen molar-refractivity contribution in [1.82, 2.24) is 20.1 Å². The first-order valence-corrected chi connectivity index (χ1v) is 7.78. The molecule has 0 bridgehead atoms. The van der Waals surface area contributed by atoms with Crippen LogP contribution in [0.2, 0.25) is 0 Å². The first-order valence-electron chi connectivity index (χ1n) is 7.78. The second kappa shape index (κ2) is 7.36. The van der Waals surface area contributed by atoms with Crippen molar-refractivity contribution in [2.45, 2.75) is 46.1 Å². The number of benzene rings is 1. The molecular weight excluding hydrogens is 260 g/mol. The molecule has 4 nitrogen and oxygen atoms in total. The van der Waals surface area contributed by atoms with Crippen LogP contribution < -0.4 is 5.32 Å². The smallest absolute Gasteiger partial charge is 0.138 e. The van der Waals surface area contributed by atoms with Gasteiger partial charge in [0.05, 0.1) is 0 Å². The lowest BCUT2D eigenvalue weighted by atomic mass is 9.91. The molecule has 1 N–H and O–H groups in total. The Labute approximate surface area is 127 Å². The van der Waals surface area contributed by atoms with Gasteiger partial charge in [-0.05, 0) is 38.4 Å². The Bertz CT molecular complexity index is 559. The molecule has 1 aromatic heterocycles. The van der Waals surface area contributed by atoms with Gasteiger partial charge in [-0.2, -0.15) is 5.10 Å². The molecule has 0 aliphatic heterocycles. The van der Waals surface area contributed by atoms with Crippen LogP contribution in [0.5, 0.6) is 0 Å².